The molecule has 2 unspecified atom stereocenters. The molecule has 2 heterocycles. The number of nitro groups is 1. The molecule has 2 atom stereocenters. The van der Waals surface area contributed by atoms with Gasteiger partial charge in [0.2, 0.25) is 0 Å². The van der Waals surface area contributed by atoms with Gasteiger partial charge in [-0.15, -0.1) is 0 Å². The standard InChI is InChI=1S/C22H23F4N3O3/c23-17-4-1-15(2-5-17)12-27-13-18-6-7-19(14-27)28(18)9-10-32-21-8-3-16(22(24,25)26)11-20(21)29(30)31/h1-5,8,11,18-19H,6-7,9-10,12-14H2. The third-order valence-corrected chi connectivity index (χ3v) is 6.12. The molecule has 2 aromatic carbocycles. The zero-order chi connectivity index (χ0) is 22.9. The predicted octanol–water partition coefficient (Wildman–Crippen LogP) is 4.48. The van der Waals surface area contributed by atoms with E-state index in [1.165, 1.54) is 12.1 Å². The molecule has 2 saturated heterocycles. The second-order valence-electron chi connectivity index (χ2n) is 8.23. The van der Waals surface area contributed by atoms with Crippen LogP contribution in [0.15, 0.2) is 42.5 Å². The number of likely N-dealkylation sites (tertiary alicyclic amines) is 1. The molecule has 2 aliphatic heterocycles. The van der Waals surface area contributed by atoms with Crippen molar-refractivity contribution in [3.05, 3.63) is 69.5 Å². The molecule has 10 heteroatoms. The van der Waals surface area contributed by atoms with Crippen molar-refractivity contribution in [3.63, 3.8) is 0 Å². The molecule has 2 fully saturated rings. The summed E-state index contributed by atoms with van der Waals surface area (Å²) in [7, 11) is 0. The Morgan fingerprint density at radius 1 is 1.06 bits per heavy atom. The molecular weight excluding hydrogens is 430 g/mol. The summed E-state index contributed by atoms with van der Waals surface area (Å²) in [4.78, 5) is 15.0. The van der Waals surface area contributed by atoms with E-state index in [2.05, 4.69) is 9.80 Å². The fourth-order valence-corrected chi connectivity index (χ4v) is 4.64. The average molecular weight is 453 g/mol. The molecule has 172 valence electrons. The van der Waals surface area contributed by atoms with Crippen LogP contribution in [0.4, 0.5) is 23.2 Å². The number of piperazine rings is 1. The first-order valence-corrected chi connectivity index (χ1v) is 10.4. The van der Waals surface area contributed by atoms with Crippen LogP contribution in [0.1, 0.15) is 24.0 Å². The zero-order valence-electron chi connectivity index (χ0n) is 17.2. The smallest absolute Gasteiger partial charge is 0.416 e. The van der Waals surface area contributed by atoms with Gasteiger partial charge >= 0.3 is 11.9 Å². The molecule has 0 amide bonds. The summed E-state index contributed by atoms with van der Waals surface area (Å²) in [5, 5.41) is 11.2. The van der Waals surface area contributed by atoms with Crippen molar-refractivity contribution in [1.82, 2.24) is 9.80 Å². The molecule has 4 rings (SSSR count). The molecule has 0 spiro atoms. The van der Waals surface area contributed by atoms with Gasteiger partial charge in [0.1, 0.15) is 12.4 Å². The lowest BCUT2D eigenvalue weighted by Gasteiger charge is -2.41. The minimum Gasteiger partial charge on any atom is -0.485 e. The Balaban J connectivity index is 1.33. The number of benzene rings is 2. The Bertz CT molecular complexity index is 954. The number of fused-ring (bicyclic) bond motifs is 2. The van der Waals surface area contributed by atoms with Crippen LogP contribution in [0.3, 0.4) is 0 Å². The highest BCUT2D eigenvalue weighted by Gasteiger charge is 2.39. The van der Waals surface area contributed by atoms with Crippen LogP contribution in [-0.2, 0) is 12.7 Å². The van der Waals surface area contributed by atoms with Crippen molar-refractivity contribution in [3.8, 4) is 5.75 Å². The maximum absolute atomic E-state index is 13.1. The SMILES string of the molecule is O=[N+]([O-])c1cc(C(F)(F)F)ccc1OCCN1C2CCC1CN(Cc1ccc(F)cc1)C2. The van der Waals surface area contributed by atoms with Gasteiger partial charge in [-0.3, -0.25) is 19.9 Å². The summed E-state index contributed by atoms with van der Waals surface area (Å²) < 4.78 is 57.2. The summed E-state index contributed by atoms with van der Waals surface area (Å²) >= 11 is 0. The third kappa shape index (κ3) is 5.02. The minimum absolute atomic E-state index is 0.150. The summed E-state index contributed by atoms with van der Waals surface area (Å²) in [5.74, 6) is -0.419. The number of hydrogen-bond acceptors (Lipinski definition) is 5. The summed E-state index contributed by atoms with van der Waals surface area (Å²) in [5.41, 5.74) is -0.712. The summed E-state index contributed by atoms with van der Waals surface area (Å²) in [6.07, 6.45) is -2.59. The van der Waals surface area contributed by atoms with E-state index in [9.17, 15) is 27.7 Å². The number of ether oxygens (including phenoxy) is 1. The van der Waals surface area contributed by atoms with Gasteiger partial charge < -0.3 is 4.74 Å². The second-order valence-corrected chi connectivity index (χ2v) is 8.23. The maximum Gasteiger partial charge on any atom is 0.416 e. The Morgan fingerprint density at radius 2 is 1.72 bits per heavy atom. The lowest BCUT2D eigenvalue weighted by atomic mass is 10.1. The fourth-order valence-electron chi connectivity index (χ4n) is 4.64. The molecule has 0 aliphatic carbocycles. The van der Waals surface area contributed by atoms with E-state index >= 15 is 0 Å². The third-order valence-electron chi connectivity index (χ3n) is 6.12. The maximum atomic E-state index is 13.1. The Kier molecular flexibility index (Phi) is 6.34. The highest BCUT2D eigenvalue weighted by molar-refractivity contribution is 5.49. The van der Waals surface area contributed by atoms with Crippen molar-refractivity contribution < 1.29 is 27.2 Å². The van der Waals surface area contributed by atoms with Gasteiger partial charge in [0.25, 0.3) is 0 Å². The molecule has 0 radical (unpaired) electrons. The highest BCUT2D eigenvalue weighted by atomic mass is 19.4. The second kappa shape index (κ2) is 9.03. The quantitative estimate of drug-likeness (QED) is 0.352. The van der Waals surface area contributed by atoms with E-state index in [1.807, 2.05) is 0 Å². The van der Waals surface area contributed by atoms with Crippen molar-refractivity contribution in [1.29, 1.82) is 0 Å². The number of alkyl halides is 3. The van der Waals surface area contributed by atoms with E-state index < -0.39 is 22.4 Å². The normalized spacial score (nSPS) is 21.6. The number of halogens is 4. The van der Waals surface area contributed by atoms with Gasteiger partial charge in [0, 0.05) is 44.3 Å². The highest BCUT2D eigenvalue weighted by Crippen LogP contribution is 2.36. The number of nitrogens with zero attached hydrogens (tertiary/aromatic N) is 3. The van der Waals surface area contributed by atoms with E-state index in [0.29, 0.717) is 24.7 Å². The Hall–Kier alpha value is -2.72. The monoisotopic (exact) mass is 453 g/mol. The first-order chi connectivity index (χ1) is 15.2. The Morgan fingerprint density at radius 3 is 2.31 bits per heavy atom. The molecule has 6 nitrogen and oxygen atoms in total. The fraction of sp³-hybridized carbons (Fsp3) is 0.455. The van der Waals surface area contributed by atoms with Crippen LogP contribution in [0.2, 0.25) is 0 Å². The van der Waals surface area contributed by atoms with Crippen LogP contribution < -0.4 is 4.74 Å². The lowest BCUT2D eigenvalue weighted by molar-refractivity contribution is -0.386. The number of nitro benzene ring substituents is 1. The van der Waals surface area contributed by atoms with Crippen LogP contribution in [0.25, 0.3) is 0 Å². The van der Waals surface area contributed by atoms with Gasteiger partial charge in [0.15, 0.2) is 5.75 Å². The van der Waals surface area contributed by atoms with Crippen molar-refractivity contribution >= 4 is 5.69 Å². The molecule has 2 bridgehead atoms. The number of hydrogen-bond donors (Lipinski definition) is 0. The van der Waals surface area contributed by atoms with Crippen molar-refractivity contribution in [2.24, 2.45) is 0 Å². The molecule has 0 N–H and O–H groups in total. The van der Waals surface area contributed by atoms with Gasteiger partial charge in [-0.1, -0.05) is 12.1 Å². The number of rotatable bonds is 7. The molecule has 2 aliphatic rings. The molecule has 32 heavy (non-hydrogen) atoms. The molecule has 0 saturated carbocycles. The minimum atomic E-state index is -4.66. The first kappa shape index (κ1) is 22.5. The molecule has 0 aromatic heterocycles. The topological polar surface area (TPSA) is 58.9 Å². The largest absolute Gasteiger partial charge is 0.485 e. The van der Waals surface area contributed by atoms with E-state index in [4.69, 9.17) is 4.74 Å². The Labute approximate surface area is 182 Å². The average Bonchev–Trinajstić information content (AvgIpc) is 2.97. The van der Waals surface area contributed by atoms with E-state index in [0.717, 1.165) is 50.2 Å². The van der Waals surface area contributed by atoms with Crippen molar-refractivity contribution in [2.45, 2.75) is 37.6 Å². The molecular formula is C22H23F4N3O3. The van der Waals surface area contributed by atoms with E-state index in [1.54, 1.807) is 12.1 Å². The zero-order valence-corrected chi connectivity index (χ0v) is 17.2. The molecule has 2 aromatic rings. The van der Waals surface area contributed by atoms with Crippen molar-refractivity contribution in [2.75, 3.05) is 26.2 Å². The van der Waals surface area contributed by atoms with Crippen LogP contribution in [0, 0.1) is 15.9 Å². The first-order valence-electron chi connectivity index (χ1n) is 10.4. The van der Waals surface area contributed by atoms with Gasteiger partial charge in [-0.05, 0) is 42.7 Å². The lowest BCUT2D eigenvalue weighted by Crippen LogP contribution is -2.54. The summed E-state index contributed by atoms with van der Waals surface area (Å²) in [6.45, 7) is 3.15. The van der Waals surface area contributed by atoms with Gasteiger partial charge in [-0.25, -0.2) is 4.39 Å². The van der Waals surface area contributed by atoms with Gasteiger partial charge in [0.05, 0.1) is 10.5 Å². The summed E-state index contributed by atoms with van der Waals surface area (Å²) in [6, 6.07) is 9.43. The van der Waals surface area contributed by atoms with Crippen LogP contribution in [-0.4, -0.2) is 53.0 Å². The predicted molar refractivity (Wildman–Crippen MR) is 109 cm³/mol. The van der Waals surface area contributed by atoms with E-state index in [-0.39, 0.29) is 18.2 Å². The van der Waals surface area contributed by atoms with Crippen LogP contribution in [0.5, 0.6) is 5.75 Å². The van der Waals surface area contributed by atoms with Gasteiger partial charge in [-0.2, -0.15) is 13.2 Å². The van der Waals surface area contributed by atoms with Crippen LogP contribution >= 0.6 is 0 Å².